The SMILES string of the molecule is [C-]#[N+]c1ncc(C)cc1[N+](=O)[O-]. The van der Waals surface area contributed by atoms with E-state index in [2.05, 4.69) is 9.83 Å². The molecule has 0 bridgehead atoms. The molecule has 5 nitrogen and oxygen atoms in total. The molecule has 5 heteroatoms. The number of nitrogens with zero attached hydrogens (tertiary/aromatic N) is 3. The lowest BCUT2D eigenvalue weighted by molar-refractivity contribution is -0.384. The number of pyridine rings is 1. The highest BCUT2D eigenvalue weighted by atomic mass is 16.6. The van der Waals surface area contributed by atoms with Crippen molar-refractivity contribution < 1.29 is 4.92 Å². The second-order valence-corrected chi connectivity index (χ2v) is 2.22. The van der Waals surface area contributed by atoms with E-state index in [4.69, 9.17) is 6.57 Å². The predicted molar refractivity (Wildman–Crippen MR) is 41.9 cm³/mol. The summed E-state index contributed by atoms with van der Waals surface area (Å²) in [4.78, 5) is 16.3. The number of hydrogen-bond acceptors (Lipinski definition) is 3. The fraction of sp³-hybridized carbons (Fsp3) is 0.143. The minimum absolute atomic E-state index is 0.161. The molecule has 0 aliphatic heterocycles. The first kappa shape index (κ1) is 8.14. The molecule has 1 aromatic heterocycles. The van der Waals surface area contributed by atoms with Crippen LogP contribution in [0.5, 0.6) is 0 Å². The lowest BCUT2D eigenvalue weighted by Crippen LogP contribution is -1.90. The average molecular weight is 163 g/mol. The highest BCUT2D eigenvalue weighted by Crippen LogP contribution is 2.24. The Morgan fingerprint density at radius 3 is 2.92 bits per heavy atom. The van der Waals surface area contributed by atoms with Crippen molar-refractivity contribution in [1.29, 1.82) is 0 Å². The van der Waals surface area contributed by atoms with E-state index >= 15 is 0 Å². The maximum atomic E-state index is 10.4. The summed E-state index contributed by atoms with van der Waals surface area (Å²) in [6.45, 7) is 8.29. The van der Waals surface area contributed by atoms with Crippen molar-refractivity contribution in [2.24, 2.45) is 0 Å². The van der Waals surface area contributed by atoms with Crippen LogP contribution in [0.3, 0.4) is 0 Å². The van der Waals surface area contributed by atoms with Crippen LogP contribution in [0.1, 0.15) is 5.56 Å². The molecule has 0 amide bonds. The van der Waals surface area contributed by atoms with Gasteiger partial charge in [0.15, 0.2) is 0 Å². The van der Waals surface area contributed by atoms with Crippen molar-refractivity contribution in [3.05, 3.63) is 39.4 Å². The van der Waals surface area contributed by atoms with Crippen molar-refractivity contribution >= 4 is 11.5 Å². The second-order valence-electron chi connectivity index (χ2n) is 2.22. The topological polar surface area (TPSA) is 60.4 Å². The Balaban J connectivity index is 3.34. The average Bonchev–Trinajstić information content (AvgIpc) is 2.04. The third-order valence-electron chi connectivity index (χ3n) is 1.29. The Labute approximate surface area is 68.6 Å². The van der Waals surface area contributed by atoms with Gasteiger partial charge in [-0.2, -0.15) is 0 Å². The van der Waals surface area contributed by atoms with E-state index in [1.54, 1.807) is 6.92 Å². The summed E-state index contributed by atoms with van der Waals surface area (Å²) in [6, 6.07) is 1.33. The number of rotatable bonds is 1. The van der Waals surface area contributed by atoms with Gasteiger partial charge in [-0.1, -0.05) is 6.57 Å². The zero-order valence-corrected chi connectivity index (χ0v) is 6.31. The highest BCUT2D eigenvalue weighted by molar-refractivity contribution is 5.57. The van der Waals surface area contributed by atoms with E-state index in [-0.39, 0.29) is 11.5 Å². The summed E-state index contributed by atoms with van der Waals surface area (Å²) in [6.07, 6.45) is 1.43. The van der Waals surface area contributed by atoms with E-state index in [9.17, 15) is 10.1 Å². The van der Waals surface area contributed by atoms with Crippen LogP contribution in [0, 0.1) is 23.6 Å². The fourth-order valence-corrected chi connectivity index (χ4v) is 0.767. The first-order chi connectivity index (χ1) is 5.65. The highest BCUT2D eigenvalue weighted by Gasteiger charge is 2.14. The fourth-order valence-electron chi connectivity index (χ4n) is 0.767. The molecule has 0 saturated carbocycles. The van der Waals surface area contributed by atoms with E-state index in [0.29, 0.717) is 5.56 Å². The van der Waals surface area contributed by atoms with Gasteiger partial charge in [0.2, 0.25) is 0 Å². The summed E-state index contributed by atoms with van der Waals surface area (Å²) in [5.41, 5.74) is 0.444. The lowest BCUT2D eigenvalue weighted by Gasteiger charge is -1.93. The Morgan fingerprint density at radius 2 is 2.42 bits per heavy atom. The molecular formula is C7H5N3O2. The maximum absolute atomic E-state index is 10.4. The minimum Gasteiger partial charge on any atom is -0.355 e. The van der Waals surface area contributed by atoms with Crippen molar-refractivity contribution in [2.75, 3.05) is 0 Å². The molecule has 0 N–H and O–H groups in total. The third-order valence-corrected chi connectivity index (χ3v) is 1.29. The van der Waals surface area contributed by atoms with Crippen LogP contribution in [0.25, 0.3) is 4.85 Å². The van der Waals surface area contributed by atoms with Crippen molar-refractivity contribution in [2.45, 2.75) is 6.92 Å². The first-order valence-corrected chi connectivity index (χ1v) is 3.13. The van der Waals surface area contributed by atoms with E-state index in [0.717, 1.165) is 0 Å². The van der Waals surface area contributed by atoms with Gasteiger partial charge in [0.1, 0.15) is 6.20 Å². The van der Waals surface area contributed by atoms with Gasteiger partial charge in [0.05, 0.1) is 4.92 Å². The van der Waals surface area contributed by atoms with Gasteiger partial charge in [-0.25, -0.2) is 0 Å². The summed E-state index contributed by atoms with van der Waals surface area (Å²) < 4.78 is 0. The van der Waals surface area contributed by atoms with Gasteiger partial charge < -0.3 is 4.85 Å². The van der Waals surface area contributed by atoms with Crippen molar-refractivity contribution in [3.8, 4) is 0 Å². The van der Waals surface area contributed by atoms with Gasteiger partial charge in [-0.05, 0) is 12.5 Å². The number of nitro groups is 1. The zero-order chi connectivity index (χ0) is 9.14. The summed E-state index contributed by atoms with van der Waals surface area (Å²) >= 11 is 0. The lowest BCUT2D eigenvalue weighted by atomic mass is 10.3. The van der Waals surface area contributed by atoms with Crippen LogP contribution in [0.15, 0.2) is 12.3 Å². The Kier molecular flexibility index (Phi) is 2.01. The van der Waals surface area contributed by atoms with Gasteiger partial charge in [-0.15, -0.1) is 4.98 Å². The summed E-state index contributed by atoms with van der Waals surface area (Å²) in [5.74, 6) is -0.161. The molecule has 0 aliphatic rings. The molecular weight excluding hydrogens is 158 g/mol. The van der Waals surface area contributed by atoms with Gasteiger partial charge >= 0.3 is 5.82 Å². The molecule has 12 heavy (non-hydrogen) atoms. The van der Waals surface area contributed by atoms with Crippen LogP contribution in [0.2, 0.25) is 0 Å². The van der Waals surface area contributed by atoms with Gasteiger partial charge in [0, 0.05) is 6.07 Å². The molecule has 1 aromatic rings. The van der Waals surface area contributed by atoms with Crippen LogP contribution in [-0.4, -0.2) is 9.91 Å². The maximum Gasteiger partial charge on any atom is 0.348 e. The van der Waals surface area contributed by atoms with Crippen LogP contribution in [-0.2, 0) is 0 Å². The molecule has 0 atom stereocenters. The molecule has 0 unspecified atom stereocenters. The number of hydrogen-bond donors (Lipinski definition) is 0. The molecule has 1 heterocycles. The third kappa shape index (κ3) is 1.37. The summed E-state index contributed by atoms with van der Waals surface area (Å²) in [7, 11) is 0. The first-order valence-electron chi connectivity index (χ1n) is 3.13. The number of aryl methyl sites for hydroxylation is 1. The smallest absolute Gasteiger partial charge is 0.348 e. The van der Waals surface area contributed by atoms with Crippen molar-refractivity contribution in [1.82, 2.24) is 4.98 Å². The van der Waals surface area contributed by atoms with E-state index in [1.807, 2.05) is 0 Å². The van der Waals surface area contributed by atoms with Gasteiger partial charge in [0.25, 0.3) is 5.69 Å². The monoisotopic (exact) mass is 163 g/mol. The van der Waals surface area contributed by atoms with E-state index in [1.165, 1.54) is 12.3 Å². The molecule has 60 valence electrons. The second kappa shape index (κ2) is 2.96. The van der Waals surface area contributed by atoms with E-state index < -0.39 is 4.92 Å². The Morgan fingerprint density at radius 1 is 1.75 bits per heavy atom. The summed E-state index contributed by atoms with van der Waals surface area (Å²) in [5, 5.41) is 10.4. The molecule has 0 aliphatic carbocycles. The normalized spacial score (nSPS) is 9.00. The molecule has 0 aromatic carbocycles. The Hall–Kier alpha value is -1.96. The van der Waals surface area contributed by atoms with Crippen molar-refractivity contribution in [3.63, 3.8) is 0 Å². The van der Waals surface area contributed by atoms with Crippen LogP contribution in [0.4, 0.5) is 11.5 Å². The molecule has 0 fully saturated rings. The molecule has 0 saturated heterocycles. The predicted octanol–water partition coefficient (Wildman–Crippen LogP) is 1.85. The standard InChI is InChI=1S/C7H5N3O2/c1-5-3-6(10(11)12)7(8-2)9-4-5/h3-4H,1H3. The zero-order valence-electron chi connectivity index (χ0n) is 6.31. The van der Waals surface area contributed by atoms with Gasteiger partial charge in [-0.3, -0.25) is 10.1 Å². The van der Waals surface area contributed by atoms with Crippen LogP contribution < -0.4 is 0 Å². The largest absolute Gasteiger partial charge is 0.355 e. The molecule has 0 radical (unpaired) electrons. The quantitative estimate of drug-likeness (QED) is 0.360. The molecule has 0 spiro atoms. The van der Waals surface area contributed by atoms with Crippen LogP contribution >= 0.6 is 0 Å². The molecule has 1 rings (SSSR count). The minimum atomic E-state index is -0.604. The Bertz CT molecular complexity index is 367. The number of aromatic nitrogens is 1.